The second-order valence-corrected chi connectivity index (χ2v) is 3.74. The largest absolute Gasteiger partial charge is 0.507 e. The van der Waals surface area contributed by atoms with Crippen molar-refractivity contribution in [2.75, 3.05) is 0 Å². The van der Waals surface area contributed by atoms with E-state index in [0.717, 1.165) is 5.56 Å². The molecule has 0 unspecified atom stereocenters. The lowest BCUT2D eigenvalue weighted by molar-refractivity contribution is -0.136. The Balaban J connectivity index is 2.52. The van der Waals surface area contributed by atoms with Crippen LogP contribution in [-0.4, -0.2) is 16.2 Å². The van der Waals surface area contributed by atoms with E-state index in [1.165, 1.54) is 0 Å². The fourth-order valence-electron chi connectivity index (χ4n) is 1.80. The Hall–Kier alpha value is -2.29. The molecule has 86 valence electrons. The number of hydrogen-bond acceptors (Lipinski definition) is 2. The predicted octanol–water partition coefficient (Wildman–Crippen LogP) is 2.69. The van der Waals surface area contributed by atoms with Crippen LogP contribution in [-0.2, 0) is 11.2 Å². The lowest BCUT2D eigenvalue weighted by Gasteiger charge is -2.09. The lowest BCUT2D eigenvalue weighted by Crippen LogP contribution is -2.01. The van der Waals surface area contributed by atoms with Crippen LogP contribution in [0.25, 0.3) is 11.1 Å². The number of carbonyl (C=O) groups is 1. The van der Waals surface area contributed by atoms with Crippen LogP contribution in [0, 0.1) is 0 Å². The molecule has 0 radical (unpaired) electrons. The van der Waals surface area contributed by atoms with E-state index >= 15 is 0 Å². The number of phenolic OH excluding ortho intramolecular Hbond substituents is 1. The standard InChI is InChI=1S/C14H12O3/c15-13-8-4-3-7-12(13)11-6-2-1-5-10(11)9-14(16)17/h1-8,15H,9H2,(H,16,17). The highest BCUT2D eigenvalue weighted by atomic mass is 16.4. The molecule has 0 atom stereocenters. The second kappa shape index (κ2) is 4.70. The van der Waals surface area contributed by atoms with E-state index in [0.29, 0.717) is 11.1 Å². The van der Waals surface area contributed by atoms with Crippen LogP contribution in [0.2, 0.25) is 0 Å². The average Bonchev–Trinajstić information content (AvgIpc) is 2.30. The van der Waals surface area contributed by atoms with Crippen molar-refractivity contribution in [2.24, 2.45) is 0 Å². The number of carboxylic acid groups (broad SMARTS) is 1. The summed E-state index contributed by atoms with van der Waals surface area (Å²) in [6.45, 7) is 0. The second-order valence-electron chi connectivity index (χ2n) is 3.74. The first-order chi connectivity index (χ1) is 8.18. The smallest absolute Gasteiger partial charge is 0.307 e. The summed E-state index contributed by atoms with van der Waals surface area (Å²) in [6.07, 6.45) is -0.0511. The Labute approximate surface area is 99.0 Å². The predicted molar refractivity (Wildman–Crippen MR) is 64.9 cm³/mol. The van der Waals surface area contributed by atoms with Crippen molar-refractivity contribution in [3.8, 4) is 16.9 Å². The van der Waals surface area contributed by atoms with Gasteiger partial charge in [0.1, 0.15) is 5.75 Å². The molecule has 0 aromatic heterocycles. The van der Waals surface area contributed by atoms with Gasteiger partial charge < -0.3 is 10.2 Å². The molecule has 2 rings (SSSR count). The fourth-order valence-corrected chi connectivity index (χ4v) is 1.80. The van der Waals surface area contributed by atoms with E-state index in [-0.39, 0.29) is 12.2 Å². The molecule has 0 saturated carbocycles. The SMILES string of the molecule is O=C(O)Cc1ccccc1-c1ccccc1O. The van der Waals surface area contributed by atoms with Gasteiger partial charge in [0.15, 0.2) is 0 Å². The van der Waals surface area contributed by atoms with E-state index in [4.69, 9.17) is 5.11 Å². The zero-order chi connectivity index (χ0) is 12.3. The van der Waals surface area contributed by atoms with E-state index < -0.39 is 5.97 Å². The molecule has 2 aromatic rings. The van der Waals surface area contributed by atoms with Gasteiger partial charge in [-0.3, -0.25) is 4.79 Å². The van der Waals surface area contributed by atoms with Crippen LogP contribution < -0.4 is 0 Å². The molecular weight excluding hydrogens is 216 g/mol. The molecule has 0 fully saturated rings. The monoisotopic (exact) mass is 228 g/mol. The Bertz CT molecular complexity index is 547. The van der Waals surface area contributed by atoms with Crippen molar-refractivity contribution < 1.29 is 15.0 Å². The number of benzene rings is 2. The summed E-state index contributed by atoms with van der Waals surface area (Å²) >= 11 is 0. The fraction of sp³-hybridized carbons (Fsp3) is 0.0714. The van der Waals surface area contributed by atoms with Crippen molar-refractivity contribution in [1.82, 2.24) is 0 Å². The molecule has 17 heavy (non-hydrogen) atoms. The number of hydrogen-bond donors (Lipinski definition) is 2. The Morgan fingerprint density at radius 2 is 1.53 bits per heavy atom. The molecule has 0 bridgehead atoms. The zero-order valence-electron chi connectivity index (χ0n) is 9.13. The molecule has 3 nitrogen and oxygen atoms in total. The first kappa shape index (κ1) is 11.2. The van der Waals surface area contributed by atoms with Crippen molar-refractivity contribution in [3.05, 3.63) is 54.1 Å². The summed E-state index contributed by atoms with van der Waals surface area (Å²) in [7, 11) is 0. The maximum atomic E-state index is 10.8. The number of aromatic hydroxyl groups is 1. The summed E-state index contributed by atoms with van der Waals surface area (Å²) in [6, 6.07) is 14.1. The molecule has 0 aliphatic heterocycles. The van der Waals surface area contributed by atoms with Gasteiger partial charge in [0.25, 0.3) is 0 Å². The van der Waals surface area contributed by atoms with Crippen molar-refractivity contribution in [3.63, 3.8) is 0 Å². The summed E-state index contributed by atoms with van der Waals surface area (Å²) in [5.74, 6) is -0.724. The molecule has 0 aliphatic carbocycles. The van der Waals surface area contributed by atoms with Crippen LogP contribution in [0.1, 0.15) is 5.56 Å². The minimum Gasteiger partial charge on any atom is -0.507 e. The van der Waals surface area contributed by atoms with Crippen molar-refractivity contribution in [2.45, 2.75) is 6.42 Å². The van der Waals surface area contributed by atoms with Gasteiger partial charge in [0.2, 0.25) is 0 Å². The average molecular weight is 228 g/mol. The number of para-hydroxylation sites is 1. The zero-order valence-corrected chi connectivity index (χ0v) is 9.13. The first-order valence-corrected chi connectivity index (χ1v) is 5.26. The summed E-state index contributed by atoms with van der Waals surface area (Å²) < 4.78 is 0. The third kappa shape index (κ3) is 2.45. The molecule has 2 aromatic carbocycles. The van der Waals surface area contributed by atoms with Gasteiger partial charge in [-0.05, 0) is 17.2 Å². The van der Waals surface area contributed by atoms with Gasteiger partial charge in [0, 0.05) is 5.56 Å². The van der Waals surface area contributed by atoms with Crippen LogP contribution in [0.5, 0.6) is 5.75 Å². The van der Waals surface area contributed by atoms with Crippen molar-refractivity contribution >= 4 is 5.97 Å². The molecule has 0 aliphatic rings. The Morgan fingerprint density at radius 3 is 2.18 bits per heavy atom. The van der Waals surface area contributed by atoms with Crippen LogP contribution in [0.4, 0.5) is 0 Å². The van der Waals surface area contributed by atoms with Crippen LogP contribution in [0.3, 0.4) is 0 Å². The van der Waals surface area contributed by atoms with Gasteiger partial charge >= 0.3 is 5.97 Å². The van der Waals surface area contributed by atoms with E-state index in [1.807, 2.05) is 18.2 Å². The maximum absolute atomic E-state index is 10.8. The quantitative estimate of drug-likeness (QED) is 0.849. The highest BCUT2D eigenvalue weighted by Gasteiger charge is 2.10. The van der Waals surface area contributed by atoms with E-state index in [9.17, 15) is 9.90 Å². The van der Waals surface area contributed by atoms with Gasteiger partial charge in [-0.1, -0.05) is 42.5 Å². The van der Waals surface area contributed by atoms with Gasteiger partial charge in [-0.25, -0.2) is 0 Å². The summed E-state index contributed by atoms with van der Waals surface area (Å²) in [5, 5.41) is 18.6. The minimum atomic E-state index is -0.882. The lowest BCUT2D eigenvalue weighted by atomic mass is 9.97. The number of aliphatic carboxylic acids is 1. The van der Waals surface area contributed by atoms with Crippen LogP contribution in [0.15, 0.2) is 48.5 Å². The highest BCUT2D eigenvalue weighted by Crippen LogP contribution is 2.31. The highest BCUT2D eigenvalue weighted by molar-refractivity contribution is 5.78. The molecule has 0 saturated heterocycles. The molecule has 3 heteroatoms. The van der Waals surface area contributed by atoms with E-state index in [1.54, 1.807) is 30.3 Å². The third-order valence-corrected chi connectivity index (χ3v) is 2.55. The maximum Gasteiger partial charge on any atom is 0.307 e. The van der Waals surface area contributed by atoms with Crippen LogP contribution >= 0.6 is 0 Å². The number of phenols is 1. The Morgan fingerprint density at radius 1 is 0.941 bits per heavy atom. The van der Waals surface area contributed by atoms with Gasteiger partial charge in [-0.15, -0.1) is 0 Å². The Kier molecular flexibility index (Phi) is 3.10. The van der Waals surface area contributed by atoms with Gasteiger partial charge in [-0.2, -0.15) is 0 Å². The molecule has 0 amide bonds. The molecule has 2 N–H and O–H groups in total. The van der Waals surface area contributed by atoms with Crippen molar-refractivity contribution in [1.29, 1.82) is 0 Å². The molecule has 0 heterocycles. The summed E-state index contributed by atoms with van der Waals surface area (Å²) in [4.78, 5) is 10.8. The van der Waals surface area contributed by atoms with Gasteiger partial charge in [0.05, 0.1) is 6.42 Å². The topological polar surface area (TPSA) is 57.5 Å². The number of rotatable bonds is 3. The normalized spacial score (nSPS) is 10.1. The number of carboxylic acids is 1. The molecule has 0 spiro atoms. The molecular formula is C14H12O3. The van der Waals surface area contributed by atoms with E-state index in [2.05, 4.69) is 0 Å². The summed E-state index contributed by atoms with van der Waals surface area (Å²) in [5.41, 5.74) is 2.11. The first-order valence-electron chi connectivity index (χ1n) is 5.26. The third-order valence-electron chi connectivity index (χ3n) is 2.55. The minimum absolute atomic E-state index is 0.0511.